The number of amides is 1. The predicted octanol–water partition coefficient (Wildman–Crippen LogP) is 3.30. The van der Waals surface area contributed by atoms with Gasteiger partial charge in [-0.1, -0.05) is 53.5 Å². The van der Waals surface area contributed by atoms with Crippen molar-refractivity contribution in [3.05, 3.63) is 64.1 Å². The molecule has 0 saturated carbocycles. The van der Waals surface area contributed by atoms with E-state index in [1.54, 1.807) is 30.3 Å². The highest BCUT2D eigenvalue weighted by molar-refractivity contribution is 7.90. The first-order valence-electron chi connectivity index (χ1n) is 7.32. The second kappa shape index (κ2) is 7.74. The number of benzene rings is 2. The smallest absolute Gasteiger partial charge is 0.257 e. The summed E-state index contributed by atoms with van der Waals surface area (Å²) in [5, 5.41) is 13.3. The molecule has 0 fully saturated rings. The van der Waals surface area contributed by atoms with E-state index in [0.717, 1.165) is 6.92 Å². The summed E-state index contributed by atoms with van der Waals surface area (Å²) in [5.74, 6) is -1.85. The molecule has 0 bridgehead atoms. The molecule has 1 atom stereocenters. The minimum atomic E-state index is -3.71. The summed E-state index contributed by atoms with van der Waals surface area (Å²) in [5.41, 5.74) is -1.30. The largest absolute Gasteiger partial charge is 0.379 e. The van der Waals surface area contributed by atoms with Gasteiger partial charge in [0.2, 0.25) is 0 Å². The highest BCUT2D eigenvalue weighted by Gasteiger charge is 2.36. The molecule has 0 aromatic heterocycles. The van der Waals surface area contributed by atoms with Crippen LogP contribution in [0.4, 0.5) is 5.69 Å². The molecule has 8 heteroatoms. The van der Waals surface area contributed by atoms with E-state index in [2.05, 4.69) is 5.32 Å². The van der Waals surface area contributed by atoms with Crippen molar-refractivity contribution in [2.75, 3.05) is 11.1 Å². The number of carbonyl (C=O) groups is 1. The van der Waals surface area contributed by atoms with E-state index in [0.29, 0.717) is 10.6 Å². The number of aliphatic hydroxyl groups is 1. The fourth-order valence-corrected chi connectivity index (χ4v) is 4.47. The molecular weight excluding hydrogens is 385 g/mol. The molecular formula is C17H17Cl2NO4S. The third kappa shape index (κ3) is 5.71. The van der Waals surface area contributed by atoms with Crippen molar-refractivity contribution in [2.45, 2.75) is 18.3 Å². The Morgan fingerprint density at radius 2 is 1.80 bits per heavy atom. The molecule has 2 N–H and O–H groups in total. The van der Waals surface area contributed by atoms with Gasteiger partial charge in [0.15, 0.2) is 15.4 Å². The lowest BCUT2D eigenvalue weighted by Crippen LogP contribution is -2.46. The molecule has 134 valence electrons. The molecule has 0 heterocycles. The second-order valence-electron chi connectivity index (χ2n) is 5.87. The topological polar surface area (TPSA) is 83.5 Å². The van der Waals surface area contributed by atoms with Crippen molar-refractivity contribution in [3.8, 4) is 0 Å². The maximum atomic E-state index is 12.3. The van der Waals surface area contributed by atoms with Gasteiger partial charge >= 0.3 is 0 Å². The number of sulfone groups is 1. The number of hydrogen-bond acceptors (Lipinski definition) is 4. The van der Waals surface area contributed by atoms with Crippen LogP contribution in [0.3, 0.4) is 0 Å². The molecule has 0 saturated heterocycles. The van der Waals surface area contributed by atoms with Gasteiger partial charge in [-0.3, -0.25) is 4.79 Å². The first-order chi connectivity index (χ1) is 11.6. The molecule has 2 aromatic carbocycles. The van der Waals surface area contributed by atoms with Gasteiger partial charge in [-0.2, -0.15) is 0 Å². The Hall–Kier alpha value is -1.60. The van der Waals surface area contributed by atoms with Crippen molar-refractivity contribution < 1.29 is 18.3 Å². The Kier molecular flexibility index (Phi) is 6.11. The molecule has 0 aliphatic rings. The lowest BCUT2D eigenvalue weighted by atomic mass is 10.1. The standard InChI is InChI=1S/C17H17Cl2NO4S/c1-17(22,11-25(23,24)10-12-5-3-2-4-6-12)16(21)20-15-8-7-13(18)9-14(15)19/h2-9,22H,10-11H2,1H3,(H,20,21)/t17-/m1/s1. The van der Waals surface area contributed by atoms with E-state index < -0.39 is 27.1 Å². The van der Waals surface area contributed by atoms with Crippen LogP contribution in [0.1, 0.15) is 12.5 Å². The second-order valence-corrected chi connectivity index (χ2v) is 8.78. The van der Waals surface area contributed by atoms with Gasteiger partial charge in [-0.05, 0) is 30.7 Å². The zero-order valence-corrected chi connectivity index (χ0v) is 15.7. The van der Waals surface area contributed by atoms with Gasteiger partial charge in [0, 0.05) is 5.02 Å². The van der Waals surface area contributed by atoms with Crippen LogP contribution in [0, 0.1) is 0 Å². The molecule has 0 radical (unpaired) electrons. The van der Waals surface area contributed by atoms with Crippen molar-refractivity contribution in [1.82, 2.24) is 0 Å². The lowest BCUT2D eigenvalue weighted by molar-refractivity contribution is -0.130. The SMILES string of the molecule is C[C@@](O)(CS(=O)(=O)Cc1ccccc1)C(=O)Nc1ccc(Cl)cc1Cl. The Balaban J connectivity index is 2.10. The fourth-order valence-electron chi connectivity index (χ4n) is 2.22. The number of halogens is 2. The van der Waals surface area contributed by atoms with Gasteiger partial charge in [0.1, 0.15) is 0 Å². The number of rotatable bonds is 6. The zero-order valence-electron chi connectivity index (χ0n) is 13.4. The molecule has 0 aliphatic heterocycles. The van der Waals surface area contributed by atoms with Gasteiger partial charge in [-0.25, -0.2) is 8.42 Å². The van der Waals surface area contributed by atoms with Gasteiger partial charge in [-0.15, -0.1) is 0 Å². The van der Waals surface area contributed by atoms with Crippen LogP contribution in [-0.2, 0) is 20.4 Å². The third-order valence-electron chi connectivity index (χ3n) is 3.40. The average molecular weight is 402 g/mol. The molecule has 0 aliphatic carbocycles. The van der Waals surface area contributed by atoms with Crippen molar-refractivity contribution in [3.63, 3.8) is 0 Å². The summed E-state index contributed by atoms with van der Waals surface area (Å²) < 4.78 is 24.6. The van der Waals surface area contributed by atoms with Crippen molar-refractivity contribution in [2.24, 2.45) is 0 Å². The molecule has 0 spiro atoms. The van der Waals surface area contributed by atoms with E-state index in [1.807, 2.05) is 0 Å². The van der Waals surface area contributed by atoms with E-state index in [4.69, 9.17) is 23.2 Å². The lowest BCUT2D eigenvalue weighted by Gasteiger charge is -2.22. The summed E-state index contributed by atoms with van der Waals surface area (Å²) >= 11 is 11.7. The maximum Gasteiger partial charge on any atom is 0.257 e. The normalized spacial score (nSPS) is 13.9. The minimum absolute atomic E-state index is 0.184. The molecule has 0 unspecified atom stereocenters. The monoisotopic (exact) mass is 401 g/mol. The molecule has 25 heavy (non-hydrogen) atoms. The predicted molar refractivity (Wildman–Crippen MR) is 99.6 cm³/mol. The number of anilines is 1. The van der Waals surface area contributed by atoms with Gasteiger partial charge < -0.3 is 10.4 Å². The summed E-state index contributed by atoms with van der Waals surface area (Å²) in [6.45, 7) is 1.15. The number of nitrogens with one attached hydrogen (secondary N) is 1. The van der Waals surface area contributed by atoms with E-state index in [1.165, 1.54) is 18.2 Å². The highest BCUT2D eigenvalue weighted by atomic mass is 35.5. The summed E-state index contributed by atoms with van der Waals surface area (Å²) in [6.07, 6.45) is 0. The zero-order chi connectivity index (χ0) is 18.7. The number of hydrogen-bond donors (Lipinski definition) is 2. The van der Waals surface area contributed by atoms with Crippen LogP contribution in [0.15, 0.2) is 48.5 Å². The van der Waals surface area contributed by atoms with Crippen molar-refractivity contribution >= 4 is 44.6 Å². The third-order valence-corrected chi connectivity index (χ3v) is 5.72. The summed E-state index contributed by atoms with van der Waals surface area (Å²) in [4.78, 5) is 12.3. The van der Waals surface area contributed by atoms with Gasteiger partial charge in [0.05, 0.1) is 22.2 Å². The van der Waals surface area contributed by atoms with Crippen LogP contribution >= 0.6 is 23.2 Å². The molecule has 5 nitrogen and oxygen atoms in total. The average Bonchev–Trinajstić information content (AvgIpc) is 2.49. The van der Waals surface area contributed by atoms with E-state index in [9.17, 15) is 18.3 Å². The van der Waals surface area contributed by atoms with Crippen molar-refractivity contribution in [1.29, 1.82) is 0 Å². The maximum absolute atomic E-state index is 12.3. The van der Waals surface area contributed by atoms with E-state index >= 15 is 0 Å². The first kappa shape index (κ1) is 19.7. The Morgan fingerprint density at radius 1 is 1.16 bits per heavy atom. The number of carbonyl (C=O) groups excluding carboxylic acids is 1. The minimum Gasteiger partial charge on any atom is -0.379 e. The van der Waals surface area contributed by atoms with E-state index in [-0.39, 0.29) is 16.5 Å². The Morgan fingerprint density at radius 3 is 2.40 bits per heavy atom. The summed E-state index contributed by atoms with van der Waals surface area (Å²) in [7, 11) is -3.71. The van der Waals surface area contributed by atoms with Crippen LogP contribution in [0.2, 0.25) is 10.0 Å². The quantitative estimate of drug-likeness (QED) is 0.777. The Labute approximate surface area is 156 Å². The van der Waals surface area contributed by atoms with Crippen LogP contribution < -0.4 is 5.32 Å². The van der Waals surface area contributed by atoms with Gasteiger partial charge in [0.25, 0.3) is 5.91 Å². The van der Waals surface area contributed by atoms with Crippen LogP contribution in [-0.4, -0.2) is 30.8 Å². The molecule has 2 rings (SSSR count). The van der Waals surface area contributed by atoms with Crippen LogP contribution in [0.25, 0.3) is 0 Å². The fraction of sp³-hybridized carbons (Fsp3) is 0.235. The summed E-state index contributed by atoms with van der Waals surface area (Å²) in [6, 6.07) is 13.0. The molecule has 1 amide bonds. The highest BCUT2D eigenvalue weighted by Crippen LogP contribution is 2.26. The Bertz CT molecular complexity index is 867. The first-order valence-corrected chi connectivity index (χ1v) is 9.90. The van der Waals surface area contributed by atoms with Crippen LogP contribution in [0.5, 0.6) is 0 Å². The molecule has 2 aromatic rings.